The van der Waals surface area contributed by atoms with E-state index >= 15 is 0 Å². The van der Waals surface area contributed by atoms with Gasteiger partial charge in [0.25, 0.3) is 0 Å². The maximum atomic E-state index is 11.6. The summed E-state index contributed by atoms with van der Waals surface area (Å²) < 4.78 is 29.2. The number of nitrogens with one attached hydrogen (secondary N) is 1. The Balaban J connectivity index is 0.000000185. The molecule has 0 spiro atoms. The van der Waals surface area contributed by atoms with E-state index in [2.05, 4.69) is 22.4 Å². The monoisotopic (exact) mass is 554 g/mol. The van der Waals surface area contributed by atoms with Gasteiger partial charge in [-0.2, -0.15) is 0 Å². The van der Waals surface area contributed by atoms with Crippen LogP contribution in [0.4, 0.5) is 5.82 Å². The van der Waals surface area contributed by atoms with Crippen molar-refractivity contribution in [2.45, 2.75) is 24.0 Å². The Morgan fingerprint density at radius 2 is 1.75 bits per heavy atom. The van der Waals surface area contributed by atoms with Crippen LogP contribution in [0.5, 0.6) is 5.75 Å². The Morgan fingerprint density at radius 3 is 2.50 bits per heavy atom. The summed E-state index contributed by atoms with van der Waals surface area (Å²) in [6.07, 6.45) is 11.2. The van der Waals surface area contributed by atoms with Crippen LogP contribution in [0.3, 0.4) is 0 Å². The molecule has 1 aliphatic carbocycles. The summed E-state index contributed by atoms with van der Waals surface area (Å²) in [6.45, 7) is 2.03. The third-order valence-corrected chi connectivity index (χ3v) is 7.16. The minimum atomic E-state index is -3.79. The summed E-state index contributed by atoms with van der Waals surface area (Å²) in [5.74, 6) is 1.33. The second-order valence-corrected chi connectivity index (χ2v) is 10.5. The number of aromatic nitrogens is 1. The number of ether oxygens (including phenoxy) is 1. The molecule has 0 fully saturated rings. The number of nitrogen functional groups attached to an aromatic ring is 1. The molecule has 1 aromatic heterocycles. The van der Waals surface area contributed by atoms with Gasteiger partial charge >= 0.3 is 0 Å². The molecule has 5 rings (SSSR count). The molecular weight excluding hydrogens is 524 g/mol. The van der Waals surface area contributed by atoms with E-state index in [1.54, 1.807) is 54.8 Å². The first kappa shape index (κ1) is 28.3. The van der Waals surface area contributed by atoms with E-state index in [-0.39, 0.29) is 17.0 Å². The lowest BCUT2D eigenvalue weighted by atomic mass is 10.1. The number of hydrogen-bond donors (Lipinski definition) is 3. The molecule has 40 heavy (non-hydrogen) atoms. The molecule has 204 valence electrons. The fourth-order valence-electron chi connectivity index (χ4n) is 4.17. The smallest absolute Gasteiger partial charge is 0.238 e. The van der Waals surface area contributed by atoms with Crippen LogP contribution in [0.25, 0.3) is 16.3 Å². The van der Waals surface area contributed by atoms with Gasteiger partial charge in [-0.15, -0.1) is 0 Å². The molecular formula is C31H30N4O4S. The summed E-state index contributed by atoms with van der Waals surface area (Å²) in [5.41, 5.74) is 8.29. The van der Waals surface area contributed by atoms with Crippen molar-refractivity contribution in [3.05, 3.63) is 127 Å². The lowest BCUT2D eigenvalue weighted by Gasteiger charge is -2.15. The highest BCUT2D eigenvalue weighted by Crippen LogP contribution is 2.28. The van der Waals surface area contributed by atoms with Crippen LogP contribution in [0.2, 0.25) is 0 Å². The molecule has 0 radical (unpaired) electrons. The third kappa shape index (κ3) is 7.22. The first-order valence-electron chi connectivity index (χ1n) is 12.5. The summed E-state index contributed by atoms with van der Waals surface area (Å²) in [6, 6.07) is 24.3. The zero-order chi connectivity index (χ0) is 28.5. The van der Waals surface area contributed by atoms with E-state index in [4.69, 9.17) is 15.6 Å². The summed E-state index contributed by atoms with van der Waals surface area (Å²) in [4.78, 5) is 14.6. The number of rotatable bonds is 7. The fourth-order valence-corrected chi connectivity index (χ4v) is 4.93. The molecule has 0 saturated heterocycles. The van der Waals surface area contributed by atoms with Crippen molar-refractivity contribution >= 4 is 38.6 Å². The quantitative estimate of drug-likeness (QED) is 0.278. The van der Waals surface area contributed by atoms with Crippen molar-refractivity contribution in [2.24, 2.45) is 5.14 Å². The van der Waals surface area contributed by atoms with Gasteiger partial charge in [-0.05, 0) is 47.7 Å². The van der Waals surface area contributed by atoms with Gasteiger partial charge in [0.2, 0.25) is 16.4 Å². The number of allylic oxidation sites excluding steroid dienone is 4. The summed E-state index contributed by atoms with van der Waals surface area (Å²) in [5, 5.41) is 9.82. The molecule has 2 atom stereocenters. The van der Waals surface area contributed by atoms with Crippen LogP contribution in [-0.2, 0) is 14.8 Å². The number of fused-ring (bicyclic) bond motifs is 1. The van der Waals surface area contributed by atoms with Crippen LogP contribution in [0.1, 0.15) is 24.2 Å². The molecule has 9 heteroatoms. The number of nitrogens with zero attached hydrogens (tertiary/aromatic N) is 1. The maximum Gasteiger partial charge on any atom is 0.238 e. The van der Waals surface area contributed by atoms with Crippen LogP contribution in [0.15, 0.2) is 120 Å². The van der Waals surface area contributed by atoms with Gasteiger partial charge in [0.1, 0.15) is 17.7 Å². The number of carbonyl (C=O) groups is 1. The zero-order valence-electron chi connectivity index (χ0n) is 21.8. The van der Waals surface area contributed by atoms with Crippen LogP contribution < -0.4 is 20.9 Å². The largest absolute Gasteiger partial charge is 0.486 e. The van der Waals surface area contributed by atoms with Gasteiger partial charge < -0.3 is 15.8 Å². The van der Waals surface area contributed by atoms with E-state index in [9.17, 15) is 13.2 Å². The van der Waals surface area contributed by atoms with Crippen LogP contribution in [0, 0.1) is 0 Å². The van der Waals surface area contributed by atoms with Crippen LogP contribution in [-0.4, -0.2) is 25.9 Å². The Labute approximate surface area is 233 Å². The summed E-state index contributed by atoms with van der Waals surface area (Å²) in [7, 11) is -3.79. The number of anilines is 1. The molecule has 2 unspecified atom stereocenters. The van der Waals surface area contributed by atoms with Crippen molar-refractivity contribution in [3.8, 4) is 5.75 Å². The number of sulfonamides is 1. The van der Waals surface area contributed by atoms with Gasteiger partial charge in [-0.3, -0.25) is 4.79 Å². The molecule has 0 bridgehead atoms. The van der Waals surface area contributed by atoms with E-state index in [1.165, 1.54) is 6.07 Å². The molecule has 8 nitrogen and oxygen atoms in total. The van der Waals surface area contributed by atoms with Crippen molar-refractivity contribution in [3.63, 3.8) is 0 Å². The highest BCUT2D eigenvalue weighted by molar-refractivity contribution is 7.89. The SMILES string of the molecule is CC(Oc1ccc2ccnc(N)c2c1)c1ccccc1.NS(=O)(=O)c1ccccc1C1=CC=CC(NC=O)C=C1. The standard InChI is InChI=1S/C17H16N2O.C14H14N2O3S/c1-12(13-5-3-2-4-6-13)20-15-8-7-14-9-10-19-17(18)16(14)11-15;15-20(18,19)14-7-2-1-6-13(14)11-4-3-5-12(9-8-11)16-10-17/h2-12H,1H3,(H2,18,19);1-10,12H,(H,16,17)(H2,15,18,19). The van der Waals surface area contributed by atoms with Gasteiger partial charge in [0.15, 0.2) is 0 Å². The number of benzene rings is 3. The number of amides is 1. The predicted molar refractivity (Wildman–Crippen MR) is 159 cm³/mol. The normalized spacial score (nSPS) is 15.2. The van der Waals surface area contributed by atoms with E-state index < -0.39 is 10.0 Å². The molecule has 1 heterocycles. The molecule has 3 aromatic carbocycles. The first-order chi connectivity index (χ1) is 19.3. The molecule has 1 amide bonds. The molecule has 4 aromatic rings. The average molecular weight is 555 g/mol. The van der Waals surface area contributed by atoms with Gasteiger partial charge in [-0.25, -0.2) is 18.5 Å². The Kier molecular flexibility index (Phi) is 9.11. The van der Waals surface area contributed by atoms with Gasteiger partial charge in [-0.1, -0.05) is 85.0 Å². The second-order valence-electron chi connectivity index (χ2n) is 8.97. The van der Waals surface area contributed by atoms with Gasteiger partial charge in [0, 0.05) is 17.1 Å². The number of carbonyl (C=O) groups excluding carboxylic acids is 1. The Hall–Kier alpha value is -4.73. The Morgan fingerprint density at radius 1 is 1.00 bits per heavy atom. The lowest BCUT2D eigenvalue weighted by molar-refractivity contribution is -0.109. The van der Waals surface area contributed by atoms with E-state index in [0.29, 0.717) is 23.4 Å². The lowest BCUT2D eigenvalue weighted by Crippen LogP contribution is -2.22. The number of hydrogen-bond acceptors (Lipinski definition) is 6. The highest BCUT2D eigenvalue weighted by atomic mass is 32.2. The van der Waals surface area contributed by atoms with E-state index in [1.807, 2.05) is 49.4 Å². The zero-order valence-corrected chi connectivity index (χ0v) is 22.7. The molecule has 1 aliphatic rings. The highest BCUT2D eigenvalue weighted by Gasteiger charge is 2.15. The summed E-state index contributed by atoms with van der Waals surface area (Å²) >= 11 is 0. The van der Waals surface area contributed by atoms with Gasteiger partial charge in [0.05, 0.1) is 10.9 Å². The predicted octanol–water partition coefficient (Wildman–Crippen LogP) is 4.92. The van der Waals surface area contributed by atoms with Crippen molar-refractivity contribution in [2.75, 3.05) is 5.73 Å². The van der Waals surface area contributed by atoms with Crippen molar-refractivity contribution in [1.29, 1.82) is 0 Å². The third-order valence-electron chi connectivity index (χ3n) is 6.19. The number of nitrogens with two attached hydrogens (primary N) is 2. The van der Waals surface area contributed by atoms with E-state index in [0.717, 1.165) is 22.1 Å². The van der Waals surface area contributed by atoms with Crippen molar-refractivity contribution in [1.82, 2.24) is 10.3 Å². The van der Waals surface area contributed by atoms with Crippen LogP contribution >= 0.6 is 0 Å². The molecule has 0 saturated carbocycles. The average Bonchev–Trinajstić information content (AvgIpc) is 3.20. The number of primary sulfonamides is 1. The Bertz CT molecular complexity index is 1680. The first-order valence-corrected chi connectivity index (χ1v) is 14.1. The molecule has 0 aliphatic heterocycles. The minimum absolute atomic E-state index is 0.00783. The topological polar surface area (TPSA) is 137 Å². The second kappa shape index (κ2) is 12.9. The maximum absolute atomic E-state index is 11.6. The molecule has 5 N–H and O–H groups in total. The minimum Gasteiger partial charge on any atom is -0.486 e. The number of pyridine rings is 1. The van der Waals surface area contributed by atoms with Crippen molar-refractivity contribution < 1.29 is 17.9 Å². The fraction of sp³-hybridized carbons (Fsp3) is 0.0968.